The van der Waals surface area contributed by atoms with Crippen molar-refractivity contribution >= 4 is 34.0 Å². The number of benzene rings is 2. The fourth-order valence-electron chi connectivity index (χ4n) is 3.54. The molecule has 6 rings (SSSR count). The number of anilines is 2. The first-order chi connectivity index (χ1) is 14.8. The van der Waals surface area contributed by atoms with Crippen molar-refractivity contribution in [2.45, 2.75) is 0 Å². The van der Waals surface area contributed by atoms with E-state index in [2.05, 4.69) is 29.7 Å². The third kappa shape index (κ3) is 3.79. The zero-order valence-electron chi connectivity index (χ0n) is 16.4. The average molecular weight is 590 g/mol. The molecular weight excluding hydrogens is 571 g/mol. The van der Waals surface area contributed by atoms with Gasteiger partial charge in [-0.2, -0.15) is 0 Å². The molecule has 8 nitrogen and oxygen atoms in total. The number of aromatic nitrogens is 4. The number of hydrogen-bond donors (Lipinski definition) is 0. The molecule has 4 heterocycles. The number of nitrogens with zero attached hydrogens (tertiary/aromatic N) is 8. The number of imidazole rings is 2. The van der Waals surface area contributed by atoms with Crippen LogP contribution in [0.4, 0.5) is 11.9 Å². The van der Waals surface area contributed by atoms with Gasteiger partial charge in [0, 0.05) is 35.2 Å². The largest absolute Gasteiger partial charge is 4.00 e. The smallest absolute Gasteiger partial charge is 0.537 e. The summed E-state index contributed by atoms with van der Waals surface area (Å²) in [4.78, 5) is 26.5. The minimum absolute atomic E-state index is 0. The summed E-state index contributed by atoms with van der Waals surface area (Å²) in [5.41, 5.74) is 3.64. The van der Waals surface area contributed by atoms with Crippen molar-refractivity contribution in [2.75, 3.05) is 22.9 Å². The van der Waals surface area contributed by atoms with Gasteiger partial charge in [0.1, 0.15) is 0 Å². The Labute approximate surface area is 194 Å². The normalized spacial score (nSPS) is 15.6. The number of fused-ring (bicyclic) bond motifs is 2. The second-order valence-electron chi connectivity index (χ2n) is 7.14. The van der Waals surface area contributed by atoms with Crippen LogP contribution in [-0.4, -0.2) is 32.9 Å². The molecule has 2 aromatic heterocycles. The van der Waals surface area contributed by atoms with Gasteiger partial charge in [-0.15, -0.1) is 0 Å². The van der Waals surface area contributed by atoms with Crippen molar-refractivity contribution in [3.05, 3.63) is 86.7 Å². The maximum atomic E-state index is 4.59. The maximum Gasteiger partial charge on any atom is 4.00 e. The van der Waals surface area contributed by atoms with Crippen molar-refractivity contribution in [3.8, 4) is 0 Å². The molecule has 0 aliphatic carbocycles. The van der Waals surface area contributed by atoms with Crippen molar-refractivity contribution in [2.24, 2.45) is 0 Å². The molecule has 0 atom stereocenters. The van der Waals surface area contributed by atoms with Crippen LogP contribution in [0.25, 0.3) is 22.1 Å². The molecule has 0 amide bonds. The van der Waals surface area contributed by atoms with E-state index in [1.807, 2.05) is 96.5 Å². The van der Waals surface area contributed by atoms with Gasteiger partial charge in [0.2, 0.25) is 0 Å². The standard InChI is InChI=1S/C22H18N8.Pt/c1-2-6-18-17(5-1)23-21(24-18)29-13-11-27(15-29)9-10-28-12-14-30(16-28)22-25-19-7-3-4-8-20(19)26-22;/h1-8,11-16H,9-10H2;/q-4;+4. The summed E-state index contributed by atoms with van der Waals surface area (Å²) in [6.07, 6.45) is 8.03. The number of hydrogen-bond acceptors (Lipinski definition) is 6. The van der Waals surface area contributed by atoms with Crippen LogP contribution >= 0.6 is 0 Å². The Balaban J connectivity index is 0.00000204. The summed E-state index contributed by atoms with van der Waals surface area (Å²) >= 11 is 0. The summed E-state index contributed by atoms with van der Waals surface area (Å²) in [6.45, 7) is 5.68. The van der Waals surface area contributed by atoms with E-state index >= 15 is 0 Å². The Morgan fingerprint density at radius 2 is 1.10 bits per heavy atom. The van der Waals surface area contributed by atoms with E-state index in [1.165, 1.54) is 0 Å². The van der Waals surface area contributed by atoms with Crippen LogP contribution in [0.5, 0.6) is 0 Å². The van der Waals surface area contributed by atoms with Crippen molar-refractivity contribution in [1.82, 2.24) is 29.7 Å². The summed E-state index contributed by atoms with van der Waals surface area (Å²) < 4.78 is 0. The first kappa shape index (κ1) is 19.7. The molecule has 2 aliphatic heterocycles. The number of rotatable bonds is 5. The quantitative estimate of drug-likeness (QED) is 0.330. The van der Waals surface area contributed by atoms with Gasteiger partial charge in [0.15, 0.2) is 0 Å². The minimum atomic E-state index is 0. The summed E-state index contributed by atoms with van der Waals surface area (Å²) in [5, 5.41) is 0. The van der Waals surface area contributed by atoms with E-state index in [9.17, 15) is 0 Å². The van der Waals surface area contributed by atoms with Gasteiger partial charge in [-0.1, -0.05) is 60.9 Å². The van der Waals surface area contributed by atoms with Crippen LogP contribution < -0.4 is 19.8 Å². The summed E-state index contributed by atoms with van der Waals surface area (Å²) in [6, 6.07) is 15.8. The van der Waals surface area contributed by atoms with Gasteiger partial charge in [-0.05, 0) is 24.3 Å². The SMILES string of the molecule is C1=CN(c2nc3ccccc3[n-]2)[CH-]N1CCN1C=CN(c2nc3ccccc3[n-]2)[CH-]1.[Pt+4]. The van der Waals surface area contributed by atoms with Gasteiger partial charge in [0.05, 0.1) is 0 Å². The summed E-state index contributed by atoms with van der Waals surface area (Å²) in [7, 11) is 0. The molecule has 0 saturated carbocycles. The molecule has 2 aromatic carbocycles. The van der Waals surface area contributed by atoms with Crippen LogP contribution in [0, 0.1) is 13.3 Å². The molecule has 0 saturated heterocycles. The molecule has 9 heteroatoms. The molecule has 0 radical (unpaired) electrons. The van der Waals surface area contributed by atoms with Crippen LogP contribution in [0.15, 0.2) is 73.3 Å². The van der Waals surface area contributed by atoms with Gasteiger partial charge in [-0.25, -0.2) is 13.3 Å². The molecule has 4 aromatic rings. The van der Waals surface area contributed by atoms with Crippen molar-refractivity contribution < 1.29 is 21.1 Å². The Kier molecular flexibility index (Phi) is 5.16. The molecular formula is C22H18N8Pt. The Hall–Kier alpha value is -3.25. The topological polar surface area (TPSA) is 66.9 Å². The third-order valence-corrected chi connectivity index (χ3v) is 5.11. The summed E-state index contributed by atoms with van der Waals surface area (Å²) in [5.74, 6) is 1.38. The van der Waals surface area contributed by atoms with Crippen LogP contribution in [0.1, 0.15) is 0 Å². The predicted octanol–water partition coefficient (Wildman–Crippen LogP) is 2.82. The van der Waals surface area contributed by atoms with Gasteiger partial charge in [-0.3, -0.25) is 0 Å². The monoisotopic (exact) mass is 589 g/mol. The zero-order valence-corrected chi connectivity index (χ0v) is 18.7. The fraction of sp³-hybridized carbons (Fsp3) is 0.0909. The minimum Gasteiger partial charge on any atom is -0.537 e. The third-order valence-electron chi connectivity index (χ3n) is 5.11. The van der Waals surface area contributed by atoms with E-state index in [4.69, 9.17) is 0 Å². The maximum absolute atomic E-state index is 4.59. The van der Waals surface area contributed by atoms with Gasteiger partial charge in [0.25, 0.3) is 0 Å². The van der Waals surface area contributed by atoms with Gasteiger partial charge >= 0.3 is 21.1 Å². The molecule has 0 bridgehead atoms. The average Bonchev–Trinajstić information content (AvgIpc) is 3.56. The zero-order chi connectivity index (χ0) is 19.9. The first-order valence-electron chi connectivity index (χ1n) is 9.76. The van der Waals surface area contributed by atoms with Crippen molar-refractivity contribution in [1.29, 1.82) is 0 Å². The van der Waals surface area contributed by atoms with E-state index in [0.29, 0.717) is 11.9 Å². The van der Waals surface area contributed by atoms with E-state index < -0.39 is 0 Å². The van der Waals surface area contributed by atoms with Crippen LogP contribution in [-0.2, 0) is 21.1 Å². The second-order valence-corrected chi connectivity index (χ2v) is 7.14. The van der Waals surface area contributed by atoms with Crippen molar-refractivity contribution in [3.63, 3.8) is 0 Å². The first-order valence-corrected chi connectivity index (χ1v) is 9.76. The molecule has 31 heavy (non-hydrogen) atoms. The Morgan fingerprint density at radius 1 is 0.645 bits per heavy atom. The van der Waals surface area contributed by atoms with Crippen LogP contribution in [0.3, 0.4) is 0 Å². The van der Waals surface area contributed by atoms with E-state index in [-0.39, 0.29) is 21.1 Å². The number of para-hydroxylation sites is 4. The van der Waals surface area contributed by atoms with Crippen LogP contribution in [0.2, 0.25) is 0 Å². The molecule has 0 unspecified atom stereocenters. The molecule has 0 N–H and O–H groups in total. The van der Waals surface area contributed by atoms with Gasteiger partial charge < -0.3 is 39.5 Å². The molecule has 156 valence electrons. The Bertz CT molecular complexity index is 1090. The van der Waals surface area contributed by atoms with E-state index in [0.717, 1.165) is 35.2 Å². The Morgan fingerprint density at radius 3 is 1.55 bits per heavy atom. The predicted molar refractivity (Wildman–Crippen MR) is 115 cm³/mol. The fourth-order valence-corrected chi connectivity index (χ4v) is 3.54. The molecule has 0 fully saturated rings. The van der Waals surface area contributed by atoms with E-state index in [1.54, 1.807) is 0 Å². The molecule has 2 aliphatic rings. The molecule has 0 spiro atoms. The second kappa shape index (κ2) is 8.11.